The molecular weight excluding hydrogens is 356 g/mol. The molecule has 6 nitrogen and oxygen atoms in total. The Labute approximate surface area is 154 Å². The van der Waals surface area contributed by atoms with Crippen LogP contribution in [-0.4, -0.2) is 30.9 Å². The molecule has 2 aromatic rings. The van der Waals surface area contributed by atoms with Crippen molar-refractivity contribution < 1.29 is 28.6 Å². The van der Waals surface area contributed by atoms with Crippen LogP contribution in [0.1, 0.15) is 43.3 Å². The molecule has 0 bridgehead atoms. The van der Waals surface area contributed by atoms with Gasteiger partial charge in [-0.3, -0.25) is 14.4 Å². The molecule has 0 spiro atoms. The zero-order valence-electron chi connectivity index (χ0n) is 14.5. The number of thiophene rings is 1. The van der Waals surface area contributed by atoms with Crippen LogP contribution in [0.3, 0.4) is 0 Å². The van der Waals surface area contributed by atoms with Gasteiger partial charge in [-0.25, -0.2) is 0 Å². The van der Waals surface area contributed by atoms with Gasteiger partial charge in [-0.15, -0.1) is 11.3 Å². The molecule has 0 radical (unpaired) electrons. The topological polar surface area (TPSA) is 78.9 Å². The Bertz CT molecular complexity index is 867. The molecule has 0 atom stereocenters. The summed E-state index contributed by atoms with van der Waals surface area (Å²) < 4.78 is 15.4. The minimum atomic E-state index is -0.572. The Hall–Kier alpha value is -2.67. The van der Waals surface area contributed by atoms with Crippen molar-refractivity contribution in [3.63, 3.8) is 0 Å². The van der Waals surface area contributed by atoms with Crippen molar-refractivity contribution in [2.45, 2.75) is 26.7 Å². The van der Waals surface area contributed by atoms with Crippen LogP contribution in [0.4, 0.5) is 0 Å². The number of rotatable bonds is 7. The Morgan fingerprint density at radius 3 is 2.54 bits per heavy atom. The first kappa shape index (κ1) is 18.1. The lowest BCUT2D eigenvalue weighted by molar-refractivity contribution is -0.142. The average Bonchev–Trinajstić information content (AvgIpc) is 3.22. The van der Waals surface area contributed by atoms with Gasteiger partial charge in [-0.2, -0.15) is 0 Å². The van der Waals surface area contributed by atoms with Crippen LogP contribution in [0.15, 0.2) is 24.3 Å². The third-order valence-corrected chi connectivity index (χ3v) is 4.92. The fourth-order valence-electron chi connectivity index (χ4n) is 2.63. The first-order valence-corrected chi connectivity index (χ1v) is 8.94. The second-order valence-electron chi connectivity index (χ2n) is 5.90. The molecule has 136 valence electrons. The SMILES string of the molecule is Cc1cc(C(=O)CCC(=O)OCC(=O)c2ccc3c(c2)OCO3)c(C)s1. The largest absolute Gasteiger partial charge is 0.457 e. The van der Waals surface area contributed by atoms with Crippen LogP contribution < -0.4 is 9.47 Å². The third kappa shape index (κ3) is 4.11. The number of ketones is 2. The minimum absolute atomic E-state index is 0.0540. The molecule has 1 aliphatic heterocycles. The lowest BCUT2D eigenvalue weighted by Crippen LogP contribution is -2.15. The Morgan fingerprint density at radius 2 is 1.81 bits per heavy atom. The number of carbonyl (C=O) groups excluding carboxylic acids is 3. The average molecular weight is 374 g/mol. The summed E-state index contributed by atoms with van der Waals surface area (Å²) in [7, 11) is 0. The van der Waals surface area contributed by atoms with Crippen molar-refractivity contribution in [2.24, 2.45) is 0 Å². The van der Waals surface area contributed by atoms with Gasteiger partial charge >= 0.3 is 5.97 Å². The van der Waals surface area contributed by atoms with E-state index in [1.807, 2.05) is 19.9 Å². The third-order valence-electron chi connectivity index (χ3n) is 3.96. The van der Waals surface area contributed by atoms with E-state index in [0.717, 1.165) is 9.75 Å². The number of ether oxygens (including phenoxy) is 3. The Morgan fingerprint density at radius 1 is 1.04 bits per heavy atom. The van der Waals surface area contributed by atoms with Gasteiger partial charge in [0.2, 0.25) is 6.79 Å². The number of hydrogen-bond donors (Lipinski definition) is 0. The lowest BCUT2D eigenvalue weighted by atomic mass is 10.1. The number of hydrogen-bond acceptors (Lipinski definition) is 7. The molecule has 0 saturated heterocycles. The molecule has 0 saturated carbocycles. The van der Waals surface area contributed by atoms with Crippen LogP contribution in [-0.2, 0) is 9.53 Å². The van der Waals surface area contributed by atoms with Crippen LogP contribution in [0.25, 0.3) is 0 Å². The molecule has 7 heteroatoms. The van der Waals surface area contributed by atoms with E-state index < -0.39 is 5.97 Å². The zero-order valence-corrected chi connectivity index (χ0v) is 15.3. The summed E-state index contributed by atoms with van der Waals surface area (Å²) in [6, 6.07) is 6.62. The van der Waals surface area contributed by atoms with Gasteiger partial charge in [0.1, 0.15) is 0 Å². The van der Waals surface area contributed by atoms with Crippen LogP contribution in [0.2, 0.25) is 0 Å². The predicted molar refractivity (Wildman–Crippen MR) is 95.2 cm³/mol. The van der Waals surface area contributed by atoms with E-state index in [9.17, 15) is 14.4 Å². The highest BCUT2D eigenvalue weighted by Gasteiger charge is 2.18. The first-order chi connectivity index (χ1) is 12.4. The molecule has 26 heavy (non-hydrogen) atoms. The fourth-order valence-corrected chi connectivity index (χ4v) is 3.57. The molecular formula is C19H18O6S. The standard InChI is InChI=1S/C19H18O6S/c1-11-7-14(12(2)26-11)15(20)4-6-19(22)23-9-16(21)13-3-5-17-18(8-13)25-10-24-17/h3,5,7-8H,4,6,9-10H2,1-2H3. The first-order valence-electron chi connectivity index (χ1n) is 8.13. The summed E-state index contributed by atoms with van der Waals surface area (Å²) in [5.74, 6) is 0.0699. The summed E-state index contributed by atoms with van der Waals surface area (Å²) in [5, 5.41) is 0. The van der Waals surface area contributed by atoms with Gasteiger partial charge in [0.15, 0.2) is 29.7 Å². The summed E-state index contributed by atoms with van der Waals surface area (Å²) in [4.78, 5) is 38.1. The smallest absolute Gasteiger partial charge is 0.306 e. The normalized spacial score (nSPS) is 12.1. The second kappa shape index (κ2) is 7.70. The molecule has 0 aliphatic carbocycles. The van der Waals surface area contributed by atoms with Gasteiger partial charge in [-0.05, 0) is 38.1 Å². The highest BCUT2D eigenvalue weighted by Crippen LogP contribution is 2.32. The molecule has 0 amide bonds. The fraction of sp³-hybridized carbons (Fsp3) is 0.316. The van der Waals surface area contributed by atoms with Crippen molar-refractivity contribution >= 4 is 28.9 Å². The summed E-state index contributed by atoms with van der Waals surface area (Å²) >= 11 is 1.55. The number of benzene rings is 1. The van der Waals surface area contributed by atoms with E-state index in [1.54, 1.807) is 29.5 Å². The molecule has 0 unspecified atom stereocenters. The lowest BCUT2D eigenvalue weighted by Gasteiger charge is -2.05. The van der Waals surface area contributed by atoms with Crippen LogP contribution >= 0.6 is 11.3 Å². The number of carbonyl (C=O) groups is 3. The quantitative estimate of drug-likeness (QED) is 0.545. The maximum absolute atomic E-state index is 12.2. The number of fused-ring (bicyclic) bond motifs is 1. The van der Waals surface area contributed by atoms with E-state index in [1.165, 1.54) is 0 Å². The summed E-state index contributed by atoms with van der Waals surface area (Å²) in [6.45, 7) is 3.57. The molecule has 3 rings (SSSR count). The highest BCUT2D eigenvalue weighted by atomic mass is 32.1. The molecule has 1 aliphatic rings. The van der Waals surface area contributed by atoms with Gasteiger partial charge in [0, 0.05) is 27.3 Å². The van der Waals surface area contributed by atoms with Crippen LogP contribution in [0.5, 0.6) is 11.5 Å². The maximum atomic E-state index is 12.2. The second-order valence-corrected chi connectivity index (χ2v) is 7.36. The van der Waals surface area contributed by atoms with Gasteiger partial charge in [0.05, 0.1) is 6.42 Å². The van der Waals surface area contributed by atoms with E-state index in [0.29, 0.717) is 22.6 Å². The van der Waals surface area contributed by atoms with Crippen molar-refractivity contribution in [3.8, 4) is 11.5 Å². The summed E-state index contributed by atoms with van der Waals surface area (Å²) in [5.41, 5.74) is 1.03. The van der Waals surface area contributed by atoms with Crippen molar-refractivity contribution in [3.05, 3.63) is 45.1 Å². The monoisotopic (exact) mass is 374 g/mol. The van der Waals surface area contributed by atoms with E-state index in [2.05, 4.69) is 0 Å². The van der Waals surface area contributed by atoms with Crippen molar-refractivity contribution in [1.82, 2.24) is 0 Å². The predicted octanol–water partition coefficient (Wildman–Crippen LogP) is 3.48. The van der Waals surface area contributed by atoms with Gasteiger partial charge in [0.25, 0.3) is 0 Å². The van der Waals surface area contributed by atoms with Crippen LogP contribution in [0, 0.1) is 13.8 Å². The molecule has 1 aromatic carbocycles. The summed E-state index contributed by atoms with van der Waals surface area (Å²) in [6.07, 6.45) is 0.00957. The minimum Gasteiger partial charge on any atom is -0.457 e. The Balaban J connectivity index is 1.47. The van der Waals surface area contributed by atoms with E-state index in [4.69, 9.17) is 14.2 Å². The van der Waals surface area contributed by atoms with E-state index >= 15 is 0 Å². The number of Topliss-reactive ketones (excluding diaryl/α,β-unsaturated/α-hetero) is 2. The zero-order chi connectivity index (χ0) is 18.7. The molecule has 0 fully saturated rings. The molecule has 0 N–H and O–H groups in total. The Kier molecular flexibility index (Phi) is 5.37. The van der Waals surface area contributed by atoms with Crippen molar-refractivity contribution in [2.75, 3.05) is 13.4 Å². The highest BCUT2D eigenvalue weighted by molar-refractivity contribution is 7.12. The van der Waals surface area contributed by atoms with Crippen molar-refractivity contribution in [1.29, 1.82) is 0 Å². The molecule has 1 aromatic heterocycles. The maximum Gasteiger partial charge on any atom is 0.306 e. The number of aryl methyl sites for hydroxylation is 2. The number of esters is 1. The molecule has 2 heterocycles. The van der Waals surface area contributed by atoms with Gasteiger partial charge < -0.3 is 14.2 Å². The van der Waals surface area contributed by atoms with Gasteiger partial charge in [-0.1, -0.05) is 0 Å². The van der Waals surface area contributed by atoms with E-state index in [-0.39, 0.29) is 37.8 Å².